The zero-order chi connectivity index (χ0) is 12.1. The van der Waals surface area contributed by atoms with Crippen LogP contribution in [0.1, 0.15) is 5.56 Å². The first-order valence-electron chi connectivity index (χ1n) is 5.14. The van der Waals surface area contributed by atoms with Gasteiger partial charge in [0.2, 0.25) is 0 Å². The van der Waals surface area contributed by atoms with Crippen molar-refractivity contribution in [2.75, 3.05) is 11.4 Å². The van der Waals surface area contributed by atoms with E-state index in [0.717, 1.165) is 5.56 Å². The fourth-order valence-corrected chi connectivity index (χ4v) is 2.11. The summed E-state index contributed by atoms with van der Waals surface area (Å²) in [5.74, 6) is -0.143. The lowest BCUT2D eigenvalue weighted by molar-refractivity contribution is -0.135. The summed E-state index contributed by atoms with van der Waals surface area (Å²) < 4.78 is 0. The van der Waals surface area contributed by atoms with Crippen molar-refractivity contribution in [3.8, 4) is 0 Å². The van der Waals surface area contributed by atoms with E-state index in [1.54, 1.807) is 10.4 Å². The Hall–Kier alpha value is -1.88. The maximum Gasteiger partial charge on any atom is 0.323 e. The molecule has 0 spiro atoms. The third-order valence-electron chi connectivity index (χ3n) is 2.29. The van der Waals surface area contributed by atoms with E-state index in [-0.39, 0.29) is 6.54 Å². The van der Waals surface area contributed by atoms with Gasteiger partial charge in [-0.25, -0.2) is 4.98 Å². The molecule has 0 bridgehead atoms. The summed E-state index contributed by atoms with van der Waals surface area (Å²) in [7, 11) is 0. The number of carboxylic acids is 1. The maximum absolute atomic E-state index is 10.8. The maximum atomic E-state index is 10.8. The van der Waals surface area contributed by atoms with E-state index in [9.17, 15) is 4.79 Å². The van der Waals surface area contributed by atoms with Gasteiger partial charge in [0.15, 0.2) is 0 Å². The number of hydrogen-bond acceptors (Lipinski definition) is 4. The first-order chi connectivity index (χ1) is 8.25. The van der Waals surface area contributed by atoms with Gasteiger partial charge in [0.25, 0.3) is 0 Å². The number of thiazole rings is 1. The Morgan fingerprint density at radius 3 is 2.71 bits per heavy atom. The number of carboxylic acid groups (broad SMARTS) is 1. The van der Waals surface area contributed by atoms with Gasteiger partial charge >= 0.3 is 5.97 Å². The highest BCUT2D eigenvalue weighted by atomic mass is 32.1. The molecule has 1 aromatic carbocycles. The molecule has 0 aliphatic carbocycles. The van der Waals surface area contributed by atoms with Crippen LogP contribution in [-0.4, -0.2) is 22.6 Å². The minimum atomic E-state index is -0.853. The first kappa shape index (κ1) is 11.6. The molecule has 4 nitrogen and oxygen atoms in total. The molecule has 0 unspecified atom stereocenters. The standard InChI is InChI=1S/C12H12N2O2S/c15-12(16)7-14(11-8-17-9-13-11)6-10-4-2-1-3-5-10/h1-5,8-9H,6-7H2,(H,15,16). The van der Waals surface area contributed by atoms with E-state index in [1.807, 2.05) is 35.7 Å². The molecule has 0 saturated carbocycles. The second kappa shape index (κ2) is 5.45. The van der Waals surface area contributed by atoms with Crippen LogP contribution < -0.4 is 4.90 Å². The van der Waals surface area contributed by atoms with Crippen LogP contribution in [0.15, 0.2) is 41.2 Å². The van der Waals surface area contributed by atoms with Crippen LogP contribution in [0.25, 0.3) is 0 Å². The van der Waals surface area contributed by atoms with Crippen molar-refractivity contribution in [3.63, 3.8) is 0 Å². The second-order valence-electron chi connectivity index (χ2n) is 3.58. The fraction of sp³-hybridized carbons (Fsp3) is 0.167. The van der Waals surface area contributed by atoms with Crippen molar-refractivity contribution in [3.05, 3.63) is 46.8 Å². The molecule has 0 saturated heterocycles. The third-order valence-corrected chi connectivity index (χ3v) is 2.86. The number of hydrogen-bond donors (Lipinski definition) is 1. The topological polar surface area (TPSA) is 53.4 Å². The predicted octanol–water partition coefficient (Wildman–Crippen LogP) is 2.23. The van der Waals surface area contributed by atoms with Gasteiger partial charge in [0, 0.05) is 11.9 Å². The Balaban J connectivity index is 2.14. The Morgan fingerprint density at radius 1 is 1.35 bits per heavy atom. The Morgan fingerprint density at radius 2 is 2.12 bits per heavy atom. The summed E-state index contributed by atoms with van der Waals surface area (Å²) in [4.78, 5) is 16.7. The molecule has 0 aliphatic rings. The highest BCUT2D eigenvalue weighted by Crippen LogP contribution is 2.16. The van der Waals surface area contributed by atoms with Crippen LogP contribution in [0.3, 0.4) is 0 Å². The first-order valence-corrected chi connectivity index (χ1v) is 6.09. The summed E-state index contributed by atoms with van der Waals surface area (Å²) >= 11 is 1.46. The Bertz CT molecular complexity index is 471. The van der Waals surface area contributed by atoms with Crippen molar-refractivity contribution in [2.24, 2.45) is 0 Å². The van der Waals surface area contributed by atoms with Crippen molar-refractivity contribution in [1.29, 1.82) is 0 Å². The molecule has 0 radical (unpaired) electrons. The van der Waals surface area contributed by atoms with Gasteiger partial charge in [-0.1, -0.05) is 30.3 Å². The molecule has 1 aromatic heterocycles. The molecule has 0 fully saturated rings. The van der Waals surface area contributed by atoms with Crippen molar-refractivity contribution in [2.45, 2.75) is 6.54 Å². The van der Waals surface area contributed by atoms with Gasteiger partial charge in [-0.05, 0) is 5.56 Å². The van der Waals surface area contributed by atoms with E-state index in [4.69, 9.17) is 5.11 Å². The van der Waals surface area contributed by atoms with Crippen LogP contribution in [0.4, 0.5) is 5.82 Å². The lowest BCUT2D eigenvalue weighted by atomic mass is 10.2. The summed E-state index contributed by atoms with van der Waals surface area (Å²) in [6.07, 6.45) is 0. The monoisotopic (exact) mass is 248 g/mol. The second-order valence-corrected chi connectivity index (χ2v) is 4.30. The van der Waals surface area contributed by atoms with Crippen molar-refractivity contribution in [1.82, 2.24) is 4.98 Å². The van der Waals surface area contributed by atoms with Crippen molar-refractivity contribution < 1.29 is 9.90 Å². The molecule has 1 heterocycles. The highest BCUT2D eigenvalue weighted by Gasteiger charge is 2.12. The predicted molar refractivity (Wildman–Crippen MR) is 67.2 cm³/mol. The van der Waals surface area contributed by atoms with Gasteiger partial charge in [0.05, 0.1) is 5.51 Å². The fourth-order valence-electron chi connectivity index (χ4n) is 1.55. The largest absolute Gasteiger partial charge is 0.480 e. The molecule has 0 aliphatic heterocycles. The number of nitrogens with zero attached hydrogens (tertiary/aromatic N) is 2. The van der Waals surface area contributed by atoms with E-state index in [0.29, 0.717) is 12.4 Å². The SMILES string of the molecule is O=C(O)CN(Cc1ccccc1)c1cscn1. The smallest absolute Gasteiger partial charge is 0.323 e. The minimum Gasteiger partial charge on any atom is -0.480 e. The molecule has 88 valence electrons. The zero-order valence-corrected chi connectivity index (χ0v) is 9.93. The van der Waals surface area contributed by atoms with Crippen LogP contribution in [0.5, 0.6) is 0 Å². The lowest BCUT2D eigenvalue weighted by Crippen LogP contribution is -2.29. The quantitative estimate of drug-likeness (QED) is 0.881. The number of aromatic nitrogens is 1. The molecule has 17 heavy (non-hydrogen) atoms. The Kier molecular flexibility index (Phi) is 3.72. The van der Waals surface area contributed by atoms with Crippen LogP contribution in [0, 0.1) is 0 Å². The van der Waals surface area contributed by atoms with Crippen molar-refractivity contribution >= 4 is 23.1 Å². The molecule has 1 N–H and O–H groups in total. The zero-order valence-electron chi connectivity index (χ0n) is 9.11. The molecule has 0 atom stereocenters. The third kappa shape index (κ3) is 3.29. The normalized spacial score (nSPS) is 10.1. The van der Waals surface area contributed by atoms with Crippen LogP contribution in [-0.2, 0) is 11.3 Å². The van der Waals surface area contributed by atoms with E-state index < -0.39 is 5.97 Å². The van der Waals surface area contributed by atoms with Gasteiger partial charge in [-0.15, -0.1) is 11.3 Å². The number of aliphatic carboxylic acids is 1. The molecule has 2 aromatic rings. The minimum absolute atomic E-state index is 0.0430. The molecule has 2 rings (SSSR count). The summed E-state index contributed by atoms with van der Waals surface area (Å²) in [5, 5.41) is 10.7. The van der Waals surface area contributed by atoms with Gasteiger partial charge in [-0.2, -0.15) is 0 Å². The molecule has 0 amide bonds. The number of benzene rings is 1. The van der Waals surface area contributed by atoms with Crippen LogP contribution in [0.2, 0.25) is 0 Å². The van der Waals surface area contributed by atoms with E-state index in [2.05, 4.69) is 4.98 Å². The summed E-state index contributed by atoms with van der Waals surface area (Å²) in [6.45, 7) is 0.509. The number of anilines is 1. The molecular formula is C12H12N2O2S. The van der Waals surface area contributed by atoms with Gasteiger partial charge in [-0.3, -0.25) is 4.79 Å². The average Bonchev–Trinajstić information content (AvgIpc) is 2.82. The van der Waals surface area contributed by atoms with Crippen LogP contribution >= 0.6 is 11.3 Å². The summed E-state index contributed by atoms with van der Waals surface area (Å²) in [6, 6.07) is 9.76. The molecular weight excluding hydrogens is 236 g/mol. The van der Waals surface area contributed by atoms with E-state index >= 15 is 0 Å². The van der Waals surface area contributed by atoms with E-state index in [1.165, 1.54) is 11.3 Å². The lowest BCUT2D eigenvalue weighted by Gasteiger charge is -2.20. The van der Waals surface area contributed by atoms with Gasteiger partial charge in [0.1, 0.15) is 12.4 Å². The number of rotatable bonds is 5. The average molecular weight is 248 g/mol. The highest BCUT2D eigenvalue weighted by molar-refractivity contribution is 7.07. The Labute approximate surface area is 103 Å². The summed E-state index contributed by atoms with van der Waals surface area (Å²) in [5.41, 5.74) is 2.77. The molecule has 5 heteroatoms. The number of carbonyl (C=O) groups is 1. The van der Waals surface area contributed by atoms with Gasteiger partial charge < -0.3 is 10.0 Å².